The minimum absolute atomic E-state index is 0.00714. The molecule has 3 N–H and O–H groups in total. The molecule has 152 valence electrons. The Morgan fingerprint density at radius 1 is 1.24 bits per heavy atom. The standard InChI is InChI=1S/C22H27N5O2/c1-22(2,3)21(29)27-10-15(9-16(27)12-28)26-11-17(14-7-5-4-6-8-14)18-19(23)24-13-25-20(18)26/h4-8,11,13,15-16,28H,9-10,12H2,1-3H3,(H2,23,24,25)/t15-,16+/m0/s1. The molecule has 2 atom stereocenters. The Kier molecular flexibility index (Phi) is 4.78. The third-order valence-corrected chi connectivity index (χ3v) is 5.62. The van der Waals surface area contributed by atoms with Crippen LogP contribution in [0.2, 0.25) is 0 Å². The molecule has 0 aliphatic carbocycles. The van der Waals surface area contributed by atoms with E-state index >= 15 is 0 Å². The highest BCUT2D eigenvalue weighted by atomic mass is 16.3. The van der Waals surface area contributed by atoms with Gasteiger partial charge in [-0.2, -0.15) is 0 Å². The summed E-state index contributed by atoms with van der Waals surface area (Å²) in [6, 6.07) is 9.81. The van der Waals surface area contributed by atoms with E-state index in [1.54, 1.807) is 0 Å². The summed E-state index contributed by atoms with van der Waals surface area (Å²) < 4.78 is 2.09. The lowest BCUT2D eigenvalue weighted by molar-refractivity contribution is -0.141. The van der Waals surface area contributed by atoms with Crippen molar-refractivity contribution in [1.82, 2.24) is 19.4 Å². The molecule has 1 fully saturated rings. The second-order valence-corrected chi connectivity index (χ2v) is 8.71. The largest absolute Gasteiger partial charge is 0.394 e. The van der Waals surface area contributed by atoms with Crippen LogP contribution in [0.3, 0.4) is 0 Å². The average molecular weight is 393 g/mol. The van der Waals surface area contributed by atoms with Crippen molar-refractivity contribution in [3.05, 3.63) is 42.9 Å². The van der Waals surface area contributed by atoms with E-state index in [0.717, 1.165) is 22.2 Å². The van der Waals surface area contributed by atoms with Crippen molar-refractivity contribution in [2.24, 2.45) is 5.41 Å². The molecule has 0 spiro atoms. The minimum atomic E-state index is -0.497. The van der Waals surface area contributed by atoms with Crippen LogP contribution in [0.1, 0.15) is 33.2 Å². The molecular formula is C22H27N5O2. The van der Waals surface area contributed by atoms with Gasteiger partial charge < -0.3 is 20.3 Å². The van der Waals surface area contributed by atoms with E-state index in [1.807, 2.05) is 56.0 Å². The quantitative estimate of drug-likeness (QED) is 0.713. The number of aromatic nitrogens is 3. The summed E-state index contributed by atoms with van der Waals surface area (Å²) >= 11 is 0. The van der Waals surface area contributed by atoms with Gasteiger partial charge in [0.2, 0.25) is 5.91 Å². The van der Waals surface area contributed by atoms with E-state index in [9.17, 15) is 9.90 Å². The lowest BCUT2D eigenvalue weighted by atomic mass is 9.94. The number of aliphatic hydroxyl groups excluding tert-OH is 1. The van der Waals surface area contributed by atoms with Crippen molar-refractivity contribution in [1.29, 1.82) is 0 Å². The molecule has 2 aromatic heterocycles. The summed E-state index contributed by atoms with van der Waals surface area (Å²) in [5, 5.41) is 10.7. The molecule has 1 aromatic carbocycles. The summed E-state index contributed by atoms with van der Waals surface area (Å²) in [4.78, 5) is 23.4. The number of nitrogens with zero attached hydrogens (tertiary/aromatic N) is 4. The van der Waals surface area contributed by atoms with Crippen molar-refractivity contribution in [3.8, 4) is 11.1 Å². The highest BCUT2D eigenvalue weighted by Gasteiger charge is 2.40. The second-order valence-electron chi connectivity index (χ2n) is 8.71. The van der Waals surface area contributed by atoms with Crippen LogP contribution in [0.15, 0.2) is 42.9 Å². The minimum Gasteiger partial charge on any atom is -0.394 e. The number of hydrogen-bond donors (Lipinski definition) is 2. The number of nitrogens with two attached hydrogens (primary N) is 1. The SMILES string of the molecule is CC(C)(C)C(=O)N1C[C@@H](n2cc(-c3ccccc3)c3c(N)ncnc32)C[C@@H]1CO. The normalized spacial score (nSPS) is 19.8. The summed E-state index contributed by atoms with van der Waals surface area (Å²) in [7, 11) is 0. The van der Waals surface area contributed by atoms with Crippen molar-refractivity contribution in [2.75, 3.05) is 18.9 Å². The van der Waals surface area contributed by atoms with Gasteiger partial charge in [-0.25, -0.2) is 9.97 Å². The number of nitrogen functional groups attached to an aromatic ring is 1. The first kappa shape index (κ1) is 19.4. The number of aliphatic hydroxyl groups is 1. The Balaban J connectivity index is 1.79. The zero-order valence-electron chi connectivity index (χ0n) is 17.0. The van der Waals surface area contributed by atoms with Crippen molar-refractivity contribution in [2.45, 2.75) is 39.3 Å². The Bertz CT molecular complexity index is 1040. The van der Waals surface area contributed by atoms with E-state index < -0.39 is 5.41 Å². The lowest BCUT2D eigenvalue weighted by Crippen LogP contribution is -2.44. The van der Waals surface area contributed by atoms with Gasteiger partial charge in [-0.3, -0.25) is 4.79 Å². The summed E-state index contributed by atoms with van der Waals surface area (Å²) in [5.74, 6) is 0.486. The first-order valence-electron chi connectivity index (χ1n) is 9.89. The molecule has 4 rings (SSSR count). The van der Waals surface area contributed by atoms with Gasteiger partial charge in [-0.15, -0.1) is 0 Å². The van der Waals surface area contributed by atoms with Gasteiger partial charge in [0.05, 0.1) is 24.1 Å². The zero-order valence-corrected chi connectivity index (χ0v) is 17.0. The van der Waals surface area contributed by atoms with E-state index in [-0.39, 0.29) is 24.6 Å². The molecule has 0 unspecified atom stereocenters. The van der Waals surface area contributed by atoms with Crippen molar-refractivity contribution < 1.29 is 9.90 Å². The smallest absolute Gasteiger partial charge is 0.228 e. The predicted octanol–water partition coefficient (Wildman–Crippen LogP) is 2.86. The molecule has 0 bridgehead atoms. The van der Waals surface area contributed by atoms with Crippen molar-refractivity contribution >= 4 is 22.8 Å². The van der Waals surface area contributed by atoms with E-state index in [1.165, 1.54) is 6.33 Å². The van der Waals surface area contributed by atoms with Gasteiger partial charge in [0.1, 0.15) is 17.8 Å². The van der Waals surface area contributed by atoms with Gasteiger partial charge in [-0.1, -0.05) is 51.1 Å². The number of anilines is 1. The molecule has 3 aromatic rings. The van der Waals surface area contributed by atoms with E-state index in [4.69, 9.17) is 5.73 Å². The predicted molar refractivity (Wildman–Crippen MR) is 113 cm³/mol. The van der Waals surface area contributed by atoms with Gasteiger partial charge in [0.25, 0.3) is 0 Å². The van der Waals surface area contributed by atoms with Gasteiger partial charge in [0, 0.05) is 23.7 Å². The summed E-state index contributed by atoms with van der Waals surface area (Å²) in [5.41, 5.74) is 8.49. The molecule has 1 saturated heterocycles. The number of amides is 1. The van der Waals surface area contributed by atoms with Crippen LogP contribution >= 0.6 is 0 Å². The summed E-state index contributed by atoms with van der Waals surface area (Å²) in [6.45, 7) is 6.19. The third-order valence-electron chi connectivity index (χ3n) is 5.62. The molecule has 0 saturated carbocycles. The first-order chi connectivity index (χ1) is 13.8. The molecule has 1 aliphatic rings. The molecule has 7 nitrogen and oxygen atoms in total. The van der Waals surface area contributed by atoms with Crippen molar-refractivity contribution in [3.63, 3.8) is 0 Å². The molecule has 0 radical (unpaired) electrons. The number of carbonyl (C=O) groups is 1. The van der Waals surface area contributed by atoms with Gasteiger partial charge in [-0.05, 0) is 12.0 Å². The highest BCUT2D eigenvalue weighted by molar-refractivity contribution is 6.00. The van der Waals surface area contributed by atoms with Crippen LogP contribution in [0, 0.1) is 5.41 Å². The summed E-state index contributed by atoms with van der Waals surface area (Å²) in [6.07, 6.45) is 4.19. The van der Waals surface area contributed by atoms with E-state index in [2.05, 4.69) is 20.7 Å². The number of carbonyl (C=O) groups excluding carboxylic acids is 1. The Morgan fingerprint density at radius 2 is 1.97 bits per heavy atom. The molecule has 7 heteroatoms. The Hall–Kier alpha value is -2.93. The molecule has 1 aliphatic heterocycles. The fourth-order valence-corrected chi connectivity index (χ4v) is 4.17. The molecular weight excluding hydrogens is 366 g/mol. The molecule has 3 heterocycles. The number of benzene rings is 1. The second kappa shape index (κ2) is 7.15. The highest BCUT2D eigenvalue weighted by Crippen LogP contribution is 2.38. The number of rotatable bonds is 3. The Labute approximate surface area is 170 Å². The van der Waals surface area contributed by atoms with Crippen LogP contribution in [0.4, 0.5) is 5.82 Å². The molecule has 29 heavy (non-hydrogen) atoms. The van der Waals surface area contributed by atoms with Crippen LogP contribution in [0.25, 0.3) is 22.2 Å². The average Bonchev–Trinajstić information content (AvgIpc) is 3.29. The lowest BCUT2D eigenvalue weighted by Gasteiger charge is -2.29. The fraction of sp³-hybridized carbons (Fsp3) is 0.409. The monoisotopic (exact) mass is 393 g/mol. The number of fused-ring (bicyclic) bond motifs is 1. The van der Waals surface area contributed by atoms with Crippen LogP contribution in [-0.2, 0) is 4.79 Å². The Morgan fingerprint density at radius 3 is 2.62 bits per heavy atom. The van der Waals surface area contributed by atoms with Crippen LogP contribution in [0.5, 0.6) is 0 Å². The first-order valence-corrected chi connectivity index (χ1v) is 9.89. The topological polar surface area (TPSA) is 97.3 Å². The van der Waals surface area contributed by atoms with Crippen LogP contribution in [-0.4, -0.2) is 49.6 Å². The maximum Gasteiger partial charge on any atom is 0.228 e. The zero-order chi connectivity index (χ0) is 20.8. The number of hydrogen-bond acceptors (Lipinski definition) is 5. The van der Waals surface area contributed by atoms with E-state index in [0.29, 0.717) is 18.8 Å². The maximum absolute atomic E-state index is 12.9. The molecule has 1 amide bonds. The third kappa shape index (κ3) is 3.35. The maximum atomic E-state index is 12.9. The van der Waals surface area contributed by atoms with Gasteiger partial charge in [0.15, 0.2) is 0 Å². The fourth-order valence-electron chi connectivity index (χ4n) is 4.17. The number of likely N-dealkylation sites (tertiary alicyclic amines) is 1. The van der Waals surface area contributed by atoms with Gasteiger partial charge >= 0.3 is 0 Å². The van der Waals surface area contributed by atoms with Crippen LogP contribution < -0.4 is 5.73 Å².